The van der Waals surface area contributed by atoms with Crippen LogP contribution in [0.1, 0.15) is 41.0 Å². The summed E-state index contributed by atoms with van der Waals surface area (Å²) in [4.78, 5) is 0.756. The third-order valence-electron chi connectivity index (χ3n) is 3.39. The molecule has 0 saturated carbocycles. The quantitative estimate of drug-likeness (QED) is 0.776. The molecule has 0 amide bonds. The molecule has 2 rings (SSSR count). The van der Waals surface area contributed by atoms with Crippen molar-refractivity contribution < 1.29 is 8.78 Å². The Morgan fingerprint density at radius 1 is 1.24 bits per heavy atom. The van der Waals surface area contributed by atoms with E-state index < -0.39 is 17.7 Å². The Morgan fingerprint density at radius 3 is 2.52 bits per heavy atom. The lowest BCUT2D eigenvalue weighted by Crippen LogP contribution is -2.25. The molecule has 0 bridgehead atoms. The van der Waals surface area contributed by atoms with E-state index in [9.17, 15) is 8.78 Å². The lowest BCUT2D eigenvalue weighted by Gasteiger charge is -2.20. The zero-order valence-electron chi connectivity index (χ0n) is 12.3. The predicted molar refractivity (Wildman–Crippen MR) is 85.3 cm³/mol. The number of hydrogen-bond acceptors (Lipinski definition) is 2. The summed E-state index contributed by atoms with van der Waals surface area (Å²) in [6.45, 7) is 6.19. The zero-order chi connectivity index (χ0) is 15.6. The van der Waals surface area contributed by atoms with Crippen LogP contribution in [-0.4, -0.2) is 6.54 Å². The van der Waals surface area contributed by atoms with Crippen LogP contribution in [0, 0.1) is 25.5 Å². The lowest BCUT2D eigenvalue weighted by molar-refractivity contribution is 0.502. The van der Waals surface area contributed by atoms with Gasteiger partial charge < -0.3 is 5.32 Å². The van der Waals surface area contributed by atoms with Crippen molar-refractivity contribution in [3.8, 4) is 0 Å². The van der Waals surface area contributed by atoms with Crippen molar-refractivity contribution >= 4 is 22.9 Å². The lowest BCUT2D eigenvalue weighted by atomic mass is 10.0. The van der Waals surface area contributed by atoms with E-state index in [2.05, 4.69) is 5.32 Å². The molecule has 5 heteroatoms. The highest BCUT2D eigenvalue weighted by molar-refractivity contribution is 7.10. The van der Waals surface area contributed by atoms with Crippen molar-refractivity contribution in [2.75, 3.05) is 6.54 Å². The van der Waals surface area contributed by atoms with Crippen molar-refractivity contribution in [2.24, 2.45) is 0 Å². The number of benzene rings is 1. The molecular weight excluding hydrogens is 312 g/mol. The number of halogens is 3. The first-order valence-electron chi connectivity index (χ1n) is 6.88. The van der Waals surface area contributed by atoms with Crippen molar-refractivity contribution in [2.45, 2.75) is 33.2 Å². The molecule has 0 aliphatic rings. The summed E-state index contributed by atoms with van der Waals surface area (Å²) >= 11 is 7.73. The van der Waals surface area contributed by atoms with Crippen LogP contribution in [0.2, 0.25) is 5.02 Å². The second-order valence-electron chi connectivity index (χ2n) is 5.08. The second-order valence-corrected chi connectivity index (χ2v) is 6.37. The number of rotatable bonds is 5. The van der Waals surface area contributed by atoms with Crippen LogP contribution in [0.25, 0.3) is 0 Å². The van der Waals surface area contributed by atoms with Gasteiger partial charge in [-0.15, -0.1) is 11.3 Å². The summed E-state index contributed by atoms with van der Waals surface area (Å²) in [7, 11) is 0. The van der Waals surface area contributed by atoms with Crippen LogP contribution in [0.4, 0.5) is 8.78 Å². The molecule has 1 nitrogen and oxygen atoms in total. The Hall–Kier alpha value is -0.970. The fraction of sp³-hybridized carbons (Fsp3) is 0.375. The molecule has 1 unspecified atom stereocenters. The molecule has 0 spiro atoms. The summed E-state index contributed by atoms with van der Waals surface area (Å²) in [6, 6.07) is 2.20. The fourth-order valence-corrected chi connectivity index (χ4v) is 3.59. The van der Waals surface area contributed by atoms with Crippen LogP contribution in [0.15, 0.2) is 17.5 Å². The van der Waals surface area contributed by atoms with Gasteiger partial charge in [-0.2, -0.15) is 0 Å². The van der Waals surface area contributed by atoms with E-state index in [1.807, 2.05) is 19.2 Å². The van der Waals surface area contributed by atoms with Crippen molar-refractivity contribution in [1.29, 1.82) is 0 Å². The maximum atomic E-state index is 14.4. The second kappa shape index (κ2) is 6.86. The van der Waals surface area contributed by atoms with Crippen LogP contribution < -0.4 is 5.32 Å². The molecule has 1 heterocycles. The van der Waals surface area contributed by atoms with E-state index in [0.717, 1.165) is 16.9 Å². The van der Waals surface area contributed by atoms with E-state index in [4.69, 9.17) is 11.6 Å². The van der Waals surface area contributed by atoms with Crippen LogP contribution in [0.5, 0.6) is 0 Å². The predicted octanol–water partition coefficient (Wildman–Crippen LogP) is 5.39. The highest BCUT2D eigenvalue weighted by Crippen LogP contribution is 2.38. The van der Waals surface area contributed by atoms with E-state index in [-0.39, 0.29) is 5.56 Å². The minimum absolute atomic E-state index is 0.0483. The average Bonchev–Trinajstić information content (AvgIpc) is 2.78. The molecule has 1 aromatic heterocycles. The molecule has 0 aliphatic heterocycles. The van der Waals surface area contributed by atoms with Gasteiger partial charge in [-0.1, -0.05) is 24.6 Å². The van der Waals surface area contributed by atoms with Crippen LogP contribution >= 0.6 is 22.9 Å². The normalized spacial score (nSPS) is 12.7. The van der Waals surface area contributed by atoms with Gasteiger partial charge in [-0.25, -0.2) is 8.78 Å². The van der Waals surface area contributed by atoms with Gasteiger partial charge in [-0.05, 0) is 49.4 Å². The maximum absolute atomic E-state index is 14.4. The van der Waals surface area contributed by atoms with Crippen LogP contribution in [0.3, 0.4) is 0 Å². The molecular formula is C16H18ClF2NS. The van der Waals surface area contributed by atoms with Crippen molar-refractivity contribution in [3.05, 3.63) is 55.7 Å². The first-order valence-corrected chi connectivity index (χ1v) is 8.14. The molecule has 0 radical (unpaired) electrons. The Morgan fingerprint density at radius 2 is 1.95 bits per heavy atom. The van der Waals surface area contributed by atoms with Crippen molar-refractivity contribution in [3.63, 3.8) is 0 Å². The SMILES string of the molecule is CCCNC(c1scc(C)c1Cl)c1c(F)ccc(C)c1F. The maximum Gasteiger partial charge on any atom is 0.134 e. The number of nitrogens with one attached hydrogen (secondary N) is 1. The van der Waals surface area contributed by atoms with E-state index in [1.165, 1.54) is 23.5 Å². The third kappa shape index (κ3) is 3.28. The third-order valence-corrected chi connectivity index (χ3v) is 5.17. The van der Waals surface area contributed by atoms with E-state index >= 15 is 0 Å². The molecule has 21 heavy (non-hydrogen) atoms. The van der Waals surface area contributed by atoms with Gasteiger partial charge in [0.25, 0.3) is 0 Å². The molecule has 2 aromatic rings. The molecule has 1 aromatic carbocycles. The number of aryl methyl sites for hydroxylation is 2. The molecule has 114 valence electrons. The minimum Gasteiger partial charge on any atom is -0.305 e. The Labute approximate surface area is 133 Å². The summed E-state index contributed by atoms with van der Waals surface area (Å²) in [5.74, 6) is -1.06. The van der Waals surface area contributed by atoms with Crippen LogP contribution in [-0.2, 0) is 0 Å². The van der Waals surface area contributed by atoms with E-state index in [1.54, 1.807) is 6.92 Å². The van der Waals surface area contributed by atoms with E-state index in [0.29, 0.717) is 17.1 Å². The van der Waals surface area contributed by atoms with Gasteiger partial charge in [-0.3, -0.25) is 0 Å². The Kier molecular flexibility index (Phi) is 5.36. The molecule has 0 aliphatic carbocycles. The highest BCUT2D eigenvalue weighted by atomic mass is 35.5. The smallest absolute Gasteiger partial charge is 0.134 e. The van der Waals surface area contributed by atoms with Gasteiger partial charge >= 0.3 is 0 Å². The van der Waals surface area contributed by atoms with Crippen molar-refractivity contribution in [1.82, 2.24) is 5.32 Å². The molecule has 0 saturated heterocycles. The van der Waals surface area contributed by atoms with Gasteiger partial charge in [0, 0.05) is 10.4 Å². The molecule has 0 fully saturated rings. The molecule has 1 atom stereocenters. The summed E-state index contributed by atoms with van der Waals surface area (Å²) < 4.78 is 28.7. The summed E-state index contributed by atoms with van der Waals surface area (Å²) in [6.07, 6.45) is 0.869. The fourth-order valence-electron chi connectivity index (χ4n) is 2.20. The van der Waals surface area contributed by atoms with Gasteiger partial charge in [0.05, 0.1) is 11.1 Å². The number of thiophene rings is 1. The number of hydrogen-bond donors (Lipinski definition) is 1. The largest absolute Gasteiger partial charge is 0.305 e. The Balaban J connectivity index is 2.56. The summed E-state index contributed by atoms with van der Waals surface area (Å²) in [5.41, 5.74) is 1.40. The Bertz CT molecular complexity index is 639. The average molecular weight is 330 g/mol. The first-order chi connectivity index (χ1) is 9.97. The van der Waals surface area contributed by atoms with Gasteiger partial charge in [0.15, 0.2) is 0 Å². The zero-order valence-corrected chi connectivity index (χ0v) is 13.8. The van der Waals surface area contributed by atoms with Gasteiger partial charge in [0.2, 0.25) is 0 Å². The van der Waals surface area contributed by atoms with Gasteiger partial charge in [0.1, 0.15) is 11.6 Å². The first kappa shape index (κ1) is 16.4. The topological polar surface area (TPSA) is 12.0 Å². The highest BCUT2D eigenvalue weighted by Gasteiger charge is 2.26. The summed E-state index contributed by atoms with van der Waals surface area (Å²) in [5, 5.41) is 5.70. The molecule has 1 N–H and O–H groups in total. The monoisotopic (exact) mass is 329 g/mol. The standard InChI is InChI=1S/C16H18ClF2NS/c1-4-7-20-15(16-13(17)10(3)8-21-16)12-11(18)6-5-9(2)14(12)19/h5-6,8,15,20H,4,7H2,1-3H3. The minimum atomic E-state index is -0.559.